The minimum Gasteiger partial charge on any atom is -0.363 e. The van der Waals surface area contributed by atoms with E-state index < -0.39 is 0 Å². The lowest BCUT2D eigenvalue weighted by atomic mass is 9.86. The second-order valence-electron chi connectivity index (χ2n) is 4.93. The summed E-state index contributed by atoms with van der Waals surface area (Å²) in [5, 5.41) is 0. The first kappa shape index (κ1) is 12.0. The molecule has 15 heavy (non-hydrogen) atoms. The molecule has 1 heterocycles. The molecule has 1 aromatic rings. The maximum absolute atomic E-state index is 5.75. The quantitative estimate of drug-likeness (QED) is 0.816. The topological polar surface area (TPSA) is 42.2 Å². The number of nitrogens with zero attached hydrogens (tertiary/aromatic N) is 2. The number of hydrogen-bond donors (Lipinski definition) is 1. The molecule has 0 atom stereocenters. The summed E-state index contributed by atoms with van der Waals surface area (Å²) in [4.78, 5) is 6.43. The highest BCUT2D eigenvalue weighted by Gasteiger charge is 2.18. The van der Waals surface area contributed by atoms with Crippen LogP contribution in [0.4, 0.5) is 5.82 Å². The maximum Gasteiger partial charge on any atom is 0.131 e. The molecule has 0 spiro atoms. The van der Waals surface area contributed by atoms with Crippen LogP contribution in [0.25, 0.3) is 0 Å². The molecule has 1 aromatic heterocycles. The summed E-state index contributed by atoms with van der Waals surface area (Å²) in [6, 6.07) is 4.11. The van der Waals surface area contributed by atoms with Gasteiger partial charge in [0, 0.05) is 20.3 Å². The van der Waals surface area contributed by atoms with Crippen molar-refractivity contribution < 1.29 is 0 Å². The lowest BCUT2D eigenvalue weighted by Gasteiger charge is -2.25. The lowest BCUT2D eigenvalue weighted by Crippen LogP contribution is -2.27. The fraction of sp³-hybridized carbons (Fsp3) is 0.583. The van der Waals surface area contributed by atoms with Gasteiger partial charge < -0.3 is 10.6 Å². The Morgan fingerprint density at radius 1 is 1.40 bits per heavy atom. The summed E-state index contributed by atoms with van der Waals surface area (Å²) in [5.41, 5.74) is 7.14. The van der Waals surface area contributed by atoms with Gasteiger partial charge in [-0.25, -0.2) is 4.98 Å². The minimum atomic E-state index is 0.133. The average Bonchev–Trinajstić information content (AvgIpc) is 2.18. The van der Waals surface area contributed by atoms with Gasteiger partial charge in [0.1, 0.15) is 5.82 Å². The fourth-order valence-corrected chi connectivity index (χ4v) is 1.56. The van der Waals surface area contributed by atoms with Crippen molar-refractivity contribution in [3.05, 3.63) is 23.9 Å². The highest BCUT2D eigenvalue weighted by atomic mass is 15.1. The fourth-order valence-electron chi connectivity index (χ4n) is 1.56. The number of hydrogen-bond acceptors (Lipinski definition) is 3. The predicted molar refractivity (Wildman–Crippen MR) is 65.1 cm³/mol. The summed E-state index contributed by atoms with van der Waals surface area (Å²) in [7, 11) is 4.03. The second-order valence-corrected chi connectivity index (χ2v) is 4.93. The molecule has 0 aliphatic rings. The van der Waals surface area contributed by atoms with Crippen molar-refractivity contribution in [1.82, 2.24) is 4.98 Å². The summed E-state index contributed by atoms with van der Waals surface area (Å²) in [6.07, 6.45) is 2.79. The first-order valence-corrected chi connectivity index (χ1v) is 5.27. The average molecular weight is 207 g/mol. The number of nitrogens with two attached hydrogens (primary N) is 1. The molecule has 0 fully saturated rings. The highest BCUT2D eigenvalue weighted by molar-refractivity contribution is 5.45. The second kappa shape index (κ2) is 4.62. The Morgan fingerprint density at radius 3 is 2.60 bits per heavy atom. The zero-order chi connectivity index (χ0) is 11.5. The number of pyridine rings is 1. The van der Waals surface area contributed by atoms with Crippen molar-refractivity contribution in [2.75, 3.05) is 25.5 Å². The highest BCUT2D eigenvalue weighted by Crippen LogP contribution is 2.25. The molecule has 0 unspecified atom stereocenters. The Labute approximate surface area is 92.3 Å². The van der Waals surface area contributed by atoms with Gasteiger partial charge in [0.2, 0.25) is 0 Å². The third kappa shape index (κ3) is 3.20. The Kier molecular flexibility index (Phi) is 3.69. The van der Waals surface area contributed by atoms with Gasteiger partial charge in [-0.15, -0.1) is 0 Å². The Morgan fingerprint density at radius 2 is 2.07 bits per heavy atom. The number of rotatable bonds is 4. The van der Waals surface area contributed by atoms with E-state index in [9.17, 15) is 0 Å². The Bertz CT molecular complexity index is 318. The molecule has 0 amide bonds. The predicted octanol–water partition coefficient (Wildman–Crippen LogP) is 1.67. The standard InChI is InChI=1S/C12H21N3/c1-12(2,9-13)8-10-6-5-7-14-11(10)15(3)4/h5-7H,8-9,13H2,1-4H3. The minimum absolute atomic E-state index is 0.133. The lowest BCUT2D eigenvalue weighted by molar-refractivity contribution is 0.376. The van der Waals surface area contributed by atoms with Crippen molar-refractivity contribution in [3.63, 3.8) is 0 Å². The van der Waals surface area contributed by atoms with E-state index in [1.165, 1.54) is 5.56 Å². The molecule has 3 nitrogen and oxygen atoms in total. The van der Waals surface area contributed by atoms with Crippen LogP contribution >= 0.6 is 0 Å². The zero-order valence-corrected chi connectivity index (χ0v) is 10.1. The maximum atomic E-state index is 5.75. The van der Waals surface area contributed by atoms with Gasteiger partial charge in [-0.05, 0) is 30.0 Å². The van der Waals surface area contributed by atoms with Gasteiger partial charge in [-0.1, -0.05) is 19.9 Å². The summed E-state index contributed by atoms with van der Waals surface area (Å²) in [6.45, 7) is 5.05. The summed E-state index contributed by atoms with van der Waals surface area (Å²) < 4.78 is 0. The van der Waals surface area contributed by atoms with Crippen LogP contribution in [0.3, 0.4) is 0 Å². The van der Waals surface area contributed by atoms with Crippen molar-refractivity contribution in [3.8, 4) is 0 Å². The van der Waals surface area contributed by atoms with Crippen LogP contribution in [0.2, 0.25) is 0 Å². The van der Waals surface area contributed by atoms with E-state index in [4.69, 9.17) is 5.73 Å². The van der Waals surface area contributed by atoms with E-state index in [1.807, 2.05) is 31.3 Å². The van der Waals surface area contributed by atoms with Crippen LogP contribution in [0.1, 0.15) is 19.4 Å². The van der Waals surface area contributed by atoms with E-state index in [2.05, 4.69) is 24.9 Å². The van der Waals surface area contributed by atoms with E-state index in [-0.39, 0.29) is 5.41 Å². The molecule has 0 radical (unpaired) electrons. The molecule has 0 bridgehead atoms. The van der Waals surface area contributed by atoms with Crippen molar-refractivity contribution in [2.45, 2.75) is 20.3 Å². The molecule has 84 valence electrons. The molecular formula is C12H21N3. The van der Waals surface area contributed by atoms with Gasteiger partial charge in [-0.3, -0.25) is 0 Å². The largest absolute Gasteiger partial charge is 0.363 e. The van der Waals surface area contributed by atoms with Gasteiger partial charge in [-0.2, -0.15) is 0 Å². The number of anilines is 1. The monoisotopic (exact) mass is 207 g/mol. The first-order chi connectivity index (χ1) is 6.96. The van der Waals surface area contributed by atoms with Crippen molar-refractivity contribution >= 4 is 5.82 Å². The van der Waals surface area contributed by atoms with Gasteiger partial charge >= 0.3 is 0 Å². The van der Waals surface area contributed by atoms with Gasteiger partial charge in [0.15, 0.2) is 0 Å². The molecule has 2 N–H and O–H groups in total. The van der Waals surface area contributed by atoms with Gasteiger partial charge in [0.25, 0.3) is 0 Å². The third-order valence-corrected chi connectivity index (χ3v) is 2.51. The number of aromatic nitrogens is 1. The van der Waals surface area contributed by atoms with Crippen molar-refractivity contribution in [2.24, 2.45) is 11.1 Å². The van der Waals surface area contributed by atoms with Crippen LogP contribution < -0.4 is 10.6 Å². The first-order valence-electron chi connectivity index (χ1n) is 5.27. The van der Waals surface area contributed by atoms with Crippen molar-refractivity contribution in [1.29, 1.82) is 0 Å². The van der Waals surface area contributed by atoms with E-state index in [1.54, 1.807) is 0 Å². The molecule has 3 heteroatoms. The van der Waals surface area contributed by atoms with E-state index in [0.717, 1.165) is 12.2 Å². The molecule has 0 aliphatic heterocycles. The molecule has 0 aliphatic carbocycles. The normalized spacial score (nSPS) is 11.5. The van der Waals surface area contributed by atoms with Crippen LogP contribution in [0, 0.1) is 5.41 Å². The van der Waals surface area contributed by atoms with E-state index in [0.29, 0.717) is 6.54 Å². The molecule has 0 aromatic carbocycles. The molecule has 1 rings (SSSR count). The van der Waals surface area contributed by atoms with Crippen LogP contribution in [0.15, 0.2) is 18.3 Å². The smallest absolute Gasteiger partial charge is 0.131 e. The zero-order valence-electron chi connectivity index (χ0n) is 10.1. The molecular weight excluding hydrogens is 186 g/mol. The van der Waals surface area contributed by atoms with Gasteiger partial charge in [0.05, 0.1) is 0 Å². The third-order valence-electron chi connectivity index (χ3n) is 2.51. The SMILES string of the molecule is CN(C)c1ncccc1CC(C)(C)CN. The Balaban J connectivity index is 2.94. The summed E-state index contributed by atoms with van der Waals surface area (Å²) in [5.74, 6) is 1.04. The molecule has 0 saturated heterocycles. The Hall–Kier alpha value is -1.09. The van der Waals surface area contributed by atoms with E-state index >= 15 is 0 Å². The molecule has 0 saturated carbocycles. The van der Waals surface area contributed by atoms with Crippen LogP contribution in [-0.2, 0) is 6.42 Å². The van der Waals surface area contributed by atoms with Crippen LogP contribution in [0.5, 0.6) is 0 Å². The summed E-state index contributed by atoms with van der Waals surface area (Å²) >= 11 is 0. The van der Waals surface area contributed by atoms with Crippen LogP contribution in [-0.4, -0.2) is 25.6 Å².